The predicted molar refractivity (Wildman–Crippen MR) is 101 cm³/mol. The van der Waals surface area contributed by atoms with Crippen LogP contribution >= 0.6 is 0 Å². The molecule has 1 atom stereocenters. The largest absolute Gasteiger partial charge is 0.367 e. The first kappa shape index (κ1) is 19.0. The van der Waals surface area contributed by atoms with E-state index in [9.17, 15) is 13.2 Å². The molecule has 7 nitrogen and oxygen atoms in total. The second-order valence-corrected chi connectivity index (χ2v) is 8.40. The Hall–Kier alpha value is -2.76. The van der Waals surface area contributed by atoms with Crippen LogP contribution in [0.4, 0.5) is 5.69 Å². The van der Waals surface area contributed by atoms with E-state index in [0.29, 0.717) is 30.9 Å². The molecule has 0 aliphatic carbocycles. The first-order chi connectivity index (χ1) is 12.8. The lowest BCUT2D eigenvalue weighted by atomic mass is 10.2. The monoisotopic (exact) mass is 384 g/mol. The summed E-state index contributed by atoms with van der Waals surface area (Å²) >= 11 is 0. The lowest BCUT2D eigenvalue weighted by Crippen LogP contribution is -2.54. The van der Waals surface area contributed by atoms with E-state index in [1.165, 1.54) is 23.4 Å². The summed E-state index contributed by atoms with van der Waals surface area (Å²) in [6.07, 6.45) is 1.63. The summed E-state index contributed by atoms with van der Waals surface area (Å²) in [5.41, 5.74) is 1.58. The molecule has 2 aromatic rings. The van der Waals surface area contributed by atoms with Gasteiger partial charge in [0.05, 0.1) is 16.8 Å². The molecule has 0 amide bonds. The first-order valence-electron chi connectivity index (χ1n) is 8.57. The Labute approximate surface area is 158 Å². The smallest absolute Gasteiger partial charge is 0.243 e. The maximum Gasteiger partial charge on any atom is 0.243 e. The zero-order valence-electron chi connectivity index (χ0n) is 15.2. The average molecular weight is 384 g/mol. The van der Waals surface area contributed by atoms with Gasteiger partial charge in [-0.1, -0.05) is 12.1 Å². The molecule has 140 valence electrons. The van der Waals surface area contributed by atoms with Crippen LogP contribution in [-0.2, 0) is 10.0 Å². The van der Waals surface area contributed by atoms with Crippen molar-refractivity contribution < 1.29 is 13.2 Å². The fourth-order valence-corrected chi connectivity index (χ4v) is 4.84. The molecule has 1 saturated heterocycles. The van der Waals surface area contributed by atoms with Gasteiger partial charge in [0, 0.05) is 31.2 Å². The zero-order valence-corrected chi connectivity index (χ0v) is 16.0. The van der Waals surface area contributed by atoms with E-state index in [2.05, 4.69) is 9.88 Å². The van der Waals surface area contributed by atoms with E-state index in [-0.39, 0.29) is 16.7 Å². The minimum atomic E-state index is -3.69. The van der Waals surface area contributed by atoms with Crippen LogP contribution in [0.15, 0.2) is 47.5 Å². The van der Waals surface area contributed by atoms with E-state index in [1.807, 2.05) is 19.1 Å². The number of benzene rings is 1. The summed E-state index contributed by atoms with van der Waals surface area (Å²) < 4.78 is 27.6. The van der Waals surface area contributed by atoms with Crippen LogP contribution in [0.1, 0.15) is 29.9 Å². The maximum atomic E-state index is 13.0. The van der Waals surface area contributed by atoms with Gasteiger partial charge in [-0.25, -0.2) is 13.4 Å². The third-order valence-electron chi connectivity index (χ3n) is 4.64. The van der Waals surface area contributed by atoms with Crippen LogP contribution in [0.3, 0.4) is 0 Å². The van der Waals surface area contributed by atoms with Gasteiger partial charge in [-0.2, -0.15) is 9.57 Å². The van der Waals surface area contributed by atoms with Crippen molar-refractivity contribution in [1.29, 1.82) is 5.26 Å². The number of carbonyl (C=O) groups excluding carboxylic acids is 1. The molecular weight excluding hydrogens is 364 g/mol. The summed E-state index contributed by atoms with van der Waals surface area (Å²) in [5, 5.41) is 8.85. The molecule has 1 aliphatic rings. The van der Waals surface area contributed by atoms with E-state index in [1.54, 1.807) is 24.4 Å². The van der Waals surface area contributed by atoms with Crippen LogP contribution in [0, 0.1) is 11.3 Å². The highest BCUT2D eigenvalue weighted by Crippen LogP contribution is 2.25. The minimum absolute atomic E-state index is 0.135. The molecular formula is C19H20N4O3S. The second-order valence-electron chi connectivity index (χ2n) is 6.51. The number of pyridine rings is 1. The molecule has 0 saturated carbocycles. The number of anilines is 1. The molecule has 1 aromatic carbocycles. The van der Waals surface area contributed by atoms with E-state index >= 15 is 0 Å². The van der Waals surface area contributed by atoms with Gasteiger partial charge in [0.1, 0.15) is 11.8 Å². The van der Waals surface area contributed by atoms with Crippen molar-refractivity contribution in [3.05, 3.63) is 53.9 Å². The molecule has 1 unspecified atom stereocenters. The van der Waals surface area contributed by atoms with Gasteiger partial charge in [0.2, 0.25) is 10.0 Å². The molecule has 1 aromatic heterocycles. The van der Waals surface area contributed by atoms with E-state index in [0.717, 1.165) is 5.69 Å². The molecule has 27 heavy (non-hydrogen) atoms. The number of ketones is 1. The predicted octanol–water partition coefficient (Wildman–Crippen LogP) is 2.06. The second kappa shape index (κ2) is 7.47. The van der Waals surface area contributed by atoms with Gasteiger partial charge in [0.25, 0.3) is 0 Å². The number of nitrogens with zero attached hydrogens (tertiary/aromatic N) is 4. The Balaban J connectivity index is 1.80. The Morgan fingerprint density at radius 3 is 2.63 bits per heavy atom. The third-order valence-corrected chi connectivity index (χ3v) is 6.65. The van der Waals surface area contributed by atoms with Gasteiger partial charge in [-0.3, -0.25) is 4.79 Å². The highest BCUT2D eigenvalue weighted by molar-refractivity contribution is 7.89. The fraction of sp³-hybridized carbons (Fsp3) is 0.316. The van der Waals surface area contributed by atoms with Crippen LogP contribution < -0.4 is 4.90 Å². The van der Waals surface area contributed by atoms with E-state index in [4.69, 9.17) is 5.26 Å². The Bertz CT molecular complexity index is 996. The standard InChI is InChI=1S/C19H20N4O3S/c1-14-13-22(18-7-6-17(11-20)21-12-18)8-9-23(14)27(25,26)19-5-3-4-16(10-19)15(2)24/h3-7,10,12,14H,8-9,13H2,1-2H3. The SMILES string of the molecule is CC(=O)c1cccc(S(=O)(=O)N2CCN(c3ccc(C#N)nc3)CC2C)c1. The average Bonchev–Trinajstić information content (AvgIpc) is 2.68. The van der Waals surface area contributed by atoms with Crippen LogP contribution in [-0.4, -0.2) is 49.2 Å². The number of sulfonamides is 1. The number of rotatable bonds is 4. The molecule has 1 fully saturated rings. The van der Waals surface area contributed by atoms with Gasteiger partial charge in [-0.15, -0.1) is 0 Å². The number of hydrogen-bond acceptors (Lipinski definition) is 6. The Kier molecular flexibility index (Phi) is 5.26. The summed E-state index contributed by atoms with van der Waals surface area (Å²) in [5.74, 6) is -0.168. The number of hydrogen-bond donors (Lipinski definition) is 0. The van der Waals surface area contributed by atoms with Crippen molar-refractivity contribution in [3.63, 3.8) is 0 Å². The summed E-state index contributed by atoms with van der Waals surface area (Å²) in [7, 11) is -3.69. The maximum absolute atomic E-state index is 13.0. The molecule has 0 N–H and O–H groups in total. The Morgan fingerprint density at radius 1 is 1.26 bits per heavy atom. The quantitative estimate of drug-likeness (QED) is 0.749. The van der Waals surface area contributed by atoms with E-state index < -0.39 is 10.0 Å². The van der Waals surface area contributed by atoms with Crippen molar-refractivity contribution >= 4 is 21.5 Å². The summed E-state index contributed by atoms with van der Waals surface area (Å²) in [6, 6.07) is 11.4. The highest BCUT2D eigenvalue weighted by Gasteiger charge is 2.34. The number of aromatic nitrogens is 1. The van der Waals surface area contributed by atoms with Gasteiger partial charge in [0.15, 0.2) is 5.78 Å². The topological polar surface area (TPSA) is 94.4 Å². The van der Waals surface area contributed by atoms with Crippen LogP contribution in [0.2, 0.25) is 0 Å². The molecule has 0 radical (unpaired) electrons. The van der Waals surface area contributed by atoms with Crippen molar-refractivity contribution in [2.24, 2.45) is 0 Å². The molecule has 3 rings (SSSR count). The molecule has 8 heteroatoms. The molecule has 2 heterocycles. The first-order valence-corrected chi connectivity index (χ1v) is 10.0. The number of Topliss-reactive ketones (excluding diaryl/α,β-unsaturated/α-hetero) is 1. The van der Waals surface area contributed by atoms with Gasteiger partial charge < -0.3 is 4.90 Å². The van der Waals surface area contributed by atoms with Gasteiger partial charge >= 0.3 is 0 Å². The fourth-order valence-electron chi connectivity index (χ4n) is 3.18. The van der Waals surface area contributed by atoms with Crippen molar-refractivity contribution in [1.82, 2.24) is 9.29 Å². The van der Waals surface area contributed by atoms with Gasteiger partial charge in [-0.05, 0) is 38.1 Å². The zero-order chi connectivity index (χ0) is 19.6. The van der Waals surface area contributed by atoms with Crippen molar-refractivity contribution in [3.8, 4) is 6.07 Å². The lowest BCUT2D eigenvalue weighted by Gasteiger charge is -2.40. The molecule has 1 aliphatic heterocycles. The number of piperazine rings is 1. The van der Waals surface area contributed by atoms with Crippen molar-refractivity contribution in [2.75, 3.05) is 24.5 Å². The normalized spacial score (nSPS) is 18.1. The number of nitriles is 1. The highest BCUT2D eigenvalue weighted by atomic mass is 32.2. The molecule has 0 bridgehead atoms. The lowest BCUT2D eigenvalue weighted by molar-refractivity contribution is 0.101. The summed E-state index contributed by atoms with van der Waals surface area (Å²) in [6.45, 7) is 4.63. The van der Waals surface area contributed by atoms with Crippen molar-refractivity contribution in [2.45, 2.75) is 24.8 Å². The summed E-state index contributed by atoms with van der Waals surface area (Å²) in [4.78, 5) is 17.8. The third kappa shape index (κ3) is 3.84. The van der Waals surface area contributed by atoms with Crippen LogP contribution in [0.25, 0.3) is 0 Å². The molecule has 0 spiro atoms. The Morgan fingerprint density at radius 2 is 2.04 bits per heavy atom. The number of carbonyl (C=O) groups is 1. The van der Waals surface area contributed by atoms with Crippen LogP contribution in [0.5, 0.6) is 0 Å². The minimum Gasteiger partial charge on any atom is -0.367 e.